The molecule has 4 saturated carbocycles. The highest BCUT2D eigenvalue weighted by atomic mass is 16.5. The SMILES string of the molecule is CC(=O)OC1CCC2(C)C(CCC3(C)C2CCC2C4C(C)=C(C)CCC4(C)CCC23C)C1(C)C. The lowest BCUT2D eigenvalue weighted by Crippen LogP contribution is -2.66. The monoisotopic (exact) mass is 468 g/mol. The van der Waals surface area contributed by atoms with E-state index in [9.17, 15) is 4.79 Å². The predicted octanol–water partition coefficient (Wildman–Crippen LogP) is 8.74. The van der Waals surface area contributed by atoms with Crippen LogP contribution in [0.2, 0.25) is 0 Å². The van der Waals surface area contributed by atoms with Crippen LogP contribution in [0.15, 0.2) is 11.1 Å². The number of allylic oxidation sites excluding steroid dienone is 2. The molecule has 0 spiro atoms. The van der Waals surface area contributed by atoms with Gasteiger partial charge in [0.15, 0.2) is 0 Å². The Morgan fingerprint density at radius 1 is 0.794 bits per heavy atom. The zero-order valence-corrected chi connectivity index (χ0v) is 23.8. The summed E-state index contributed by atoms with van der Waals surface area (Å²) in [7, 11) is 0. The van der Waals surface area contributed by atoms with E-state index in [4.69, 9.17) is 4.74 Å². The van der Waals surface area contributed by atoms with Crippen LogP contribution in [0.25, 0.3) is 0 Å². The van der Waals surface area contributed by atoms with Crippen molar-refractivity contribution in [2.75, 3.05) is 0 Å². The van der Waals surface area contributed by atoms with Crippen LogP contribution in [0.1, 0.15) is 127 Å². The molecule has 34 heavy (non-hydrogen) atoms. The molecule has 0 aromatic carbocycles. The van der Waals surface area contributed by atoms with Crippen molar-refractivity contribution in [2.45, 2.75) is 133 Å². The quantitative estimate of drug-likeness (QED) is 0.284. The van der Waals surface area contributed by atoms with Crippen LogP contribution in [0, 0.1) is 50.7 Å². The summed E-state index contributed by atoms with van der Waals surface area (Å²) in [6.07, 6.45) is 13.4. The van der Waals surface area contributed by atoms with E-state index in [0.717, 1.165) is 24.2 Å². The summed E-state index contributed by atoms with van der Waals surface area (Å²) in [6, 6.07) is 0. The van der Waals surface area contributed by atoms with Crippen molar-refractivity contribution in [3.63, 3.8) is 0 Å². The van der Waals surface area contributed by atoms with Crippen molar-refractivity contribution >= 4 is 5.97 Å². The number of hydrogen-bond donors (Lipinski definition) is 0. The highest BCUT2D eigenvalue weighted by molar-refractivity contribution is 5.66. The molecule has 4 fully saturated rings. The standard InChI is InChI=1S/C32H52O2/c1-20-12-15-29(6)18-19-31(8)23(27(29)21(20)2)10-11-25-30(7)16-14-26(34-22(3)33)28(4,5)24(30)13-17-32(25,31)9/h23-27H,10-19H2,1-9H3. The summed E-state index contributed by atoms with van der Waals surface area (Å²) in [5.74, 6) is 2.96. The minimum atomic E-state index is -0.105. The van der Waals surface area contributed by atoms with E-state index < -0.39 is 0 Å². The van der Waals surface area contributed by atoms with Gasteiger partial charge in [-0.1, -0.05) is 52.7 Å². The summed E-state index contributed by atoms with van der Waals surface area (Å²) in [6.45, 7) is 22.1. The summed E-state index contributed by atoms with van der Waals surface area (Å²) in [5.41, 5.74) is 5.23. The van der Waals surface area contributed by atoms with Gasteiger partial charge < -0.3 is 4.74 Å². The number of ether oxygens (including phenoxy) is 1. The van der Waals surface area contributed by atoms with Gasteiger partial charge in [0.25, 0.3) is 0 Å². The van der Waals surface area contributed by atoms with Gasteiger partial charge in [-0.3, -0.25) is 4.79 Å². The summed E-state index contributed by atoms with van der Waals surface area (Å²) in [5, 5.41) is 0. The molecule has 0 heterocycles. The largest absolute Gasteiger partial charge is 0.462 e. The van der Waals surface area contributed by atoms with Gasteiger partial charge >= 0.3 is 5.97 Å². The fourth-order valence-electron chi connectivity index (χ4n) is 11.6. The number of rotatable bonds is 1. The first kappa shape index (κ1) is 24.9. The van der Waals surface area contributed by atoms with Gasteiger partial charge in [-0.05, 0) is 123 Å². The fourth-order valence-corrected chi connectivity index (χ4v) is 11.6. The topological polar surface area (TPSA) is 26.3 Å². The van der Waals surface area contributed by atoms with Gasteiger partial charge in [0, 0.05) is 12.3 Å². The molecule has 9 atom stereocenters. The smallest absolute Gasteiger partial charge is 0.302 e. The Kier molecular flexibility index (Phi) is 5.57. The zero-order valence-electron chi connectivity index (χ0n) is 23.8. The second-order valence-corrected chi connectivity index (χ2v) is 15.2. The zero-order chi connectivity index (χ0) is 24.9. The molecule has 0 aliphatic heterocycles. The van der Waals surface area contributed by atoms with Gasteiger partial charge in [-0.15, -0.1) is 0 Å². The number of hydrogen-bond acceptors (Lipinski definition) is 2. The van der Waals surface area contributed by atoms with Crippen LogP contribution in [-0.2, 0) is 9.53 Å². The molecule has 192 valence electrons. The Morgan fingerprint density at radius 2 is 1.50 bits per heavy atom. The molecule has 0 aromatic rings. The number of fused-ring (bicyclic) bond motifs is 7. The molecule has 2 nitrogen and oxygen atoms in total. The lowest BCUT2D eigenvalue weighted by molar-refractivity contribution is -0.247. The molecule has 5 aliphatic rings. The molecule has 0 radical (unpaired) electrons. The van der Waals surface area contributed by atoms with Gasteiger partial charge in [0.05, 0.1) is 0 Å². The molecular formula is C32H52O2. The molecule has 5 aliphatic carbocycles. The maximum atomic E-state index is 11.9. The van der Waals surface area contributed by atoms with E-state index in [1.54, 1.807) is 18.1 Å². The maximum absolute atomic E-state index is 11.9. The first-order chi connectivity index (χ1) is 15.7. The Hall–Kier alpha value is -0.790. The minimum absolute atomic E-state index is 0.0582. The Bertz CT molecular complexity index is 899. The first-order valence-electron chi connectivity index (χ1n) is 14.5. The van der Waals surface area contributed by atoms with E-state index in [1.165, 1.54) is 57.8 Å². The minimum Gasteiger partial charge on any atom is -0.462 e. The summed E-state index contributed by atoms with van der Waals surface area (Å²) < 4.78 is 5.92. The third-order valence-electron chi connectivity index (χ3n) is 13.8. The summed E-state index contributed by atoms with van der Waals surface area (Å²) in [4.78, 5) is 11.9. The molecule has 2 heteroatoms. The van der Waals surface area contributed by atoms with E-state index in [-0.39, 0.29) is 17.5 Å². The van der Waals surface area contributed by atoms with Crippen LogP contribution >= 0.6 is 0 Å². The van der Waals surface area contributed by atoms with E-state index in [2.05, 4.69) is 55.4 Å². The lowest BCUT2D eigenvalue weighted by atomic mass is 9.32. The molecule has 0 bridgehead atoms. The van der Waals surface area contributed by atoms with Gasteiger partial charge in [0.1, 0.15) is 6.10 Å². The van der Waals surface area contributed by atoms with Crippen LogP contribution in [0.3, 0.4) is 0 Å². The number of carbonyl (C=O) groups is 1. The average molecular weight is 469 g/mol. The second kappa shape index (κ2) is 7.61. The molecule has 0 amide bonds. The Morgan fingerprint density at radius 3 is 2.18 bits per heavy atom. The second-order valence-electron chi connectivity index (χ2n) is 15.2. The van der Waals surface area contributed by atoms with Gasteiger partial charge in [-0.2, -0.15) is 0 Å². The molecule has 0 N–H and O–H groups in total. The van der Waals surface area contributed by atoms with Crippen LogP contribution < -0.4 is 0 Å². The molecule has 0 saturated heterocycles. The van der Waals surface area contributed by atoms with Crippen molar-refractivity contribution in [1.29, 1.82) is 0 Å². The predicted molar refractivity (Wildman–Crippen MR) is 140 cm³/mol. The third kappa shape index (κ3) is 3.08. The lowest BCUT2D eigenvalue weighted by Gasteiger charge is -2.73. The van der Waals surface area contributed by atoms with Crippen molar-refractivity contribution in [3.8, 4) is 0 Å². The molecule has 0 aromatic heterocycles. The summed E-state index contributed by atoms with van der Waals surface area (Å²) >= 11 is 0. The Balaban J connectivity index is 1.51. The van der Waals surface area contributed by atoms with Crippen molar-refractivity contribution < 1.29 is 9.53 Å². The van der Waals surface area contributed by atoms with E-state index >= 15 is 0 Å². The van der Waals surface area contributed by atoms with Crippen LogP contribution in [-0.4, -0.2) is 12.1 Å². The van der Waals surface area contributed by atoms with Crippen molar-refractivity contribution in [1.82, 2.24) is 0 Å². The highest BCUT2D eigenvalue weighted by Crippen LogP contribution is 2.76. The molecular weight excluding hydrogens is 416 g/mol. The Labute approximate surface area is 210 Å². The first-order valence-corrected chi connectivity index (χ1v) is 14.5. The molecule has 9 unspecified atom stereocenters. The van der Waals surface area contributed by atoms with Crippen LogP contribution in [0.5, 0.6) is 0 Å². The van der Waals surface area contributed by atoms with Crippen LogP contribution in [0.4, 0.5) is 0 Å². The average Bonchev–Trinajstić information content (AvgIpc) is 2.74. The number of esters is 1. The normalized spacial score (nSPS) is 52.1. The highest BCUT2D eigenvalue weighted by Gasteiger charge is 2.69. The van der Waals surface area contributed by atoms with E-state index in [1.807, 2.05) is 0 Å². The maximum Gasteiger partial charge on any atom is 0.302 e. The fraction of sp³-hybridized carbons (Fsp3) is 0.906. The van der Waals surface area contributed by atoms with Crippen molar-refractivity contribution in [2.24, 2.45) is 50.7 Å². The van der Waals surface area contributed by atoms with Crippen molar-refractivity contribution in [3.05, 3.63) is 11.1 Å². The van der Waals surface area contributed by atoms with Gasteiger partial charge in [0.2, 0.25) is 0 Å². The van der Waals surface area contributed by atoms with Gasteiger partial charge in [-0.25, -0.2) is 0 Å². The molecule has 5 rings (SSSR count). The van der Waals surface area contributed by atoms with E-state index in [0.29, 0.717) is 27.6 Å². The third-order valence-corrected chi connectivity index (χ3v) is 13.8. The number of carbonyl (C=O) groups excluding carboxylic acids is 1.